The molecule has 5 heterocycles. The lowest BCUT2D eigenvalue weighted by molar-refractivity contribution is 0.113. The summed E-state index contributed by atoms with van der Waals surface area (Å²) in [5.41, 5.74) is 6.14. The Morgan fingerprint density at radius 2 is 1.84 bits per heavy atom. The minimum atomic E-state index is 0.106. The summed E-state index contributed by atoms with van der Waals surface area (Å²) < 4.78 is 6.76. The maximum absolute atomic E-state index is 10.7. The zero-order valence-corrected chi connectivity index (χ0v) is 24.7. The maximum atomic E-state index is 10.7. The normalized spacial score (nSPS) is 24.0. The lowest BCUT2D eigenvalue weighted by Crippen LogP contribution is -2.52. The van der Waals surface area contributed by atoms with E-state index in [9.17, 15) is 10.4 Å². The number of benzene rings is 3. The van der Waals surface area contributed by atoms with Gasteiger partial charge in [0.25, 0.3) is 0 Å². The molecule has 8 rings (SSSR count). The van der Waals surface area contributed by atoms with Gasteiger partial charge >= 0.3 is 0 Å². The number of aromatic hydroxyl groups is 1. The highest BCUT2D eigenvalue weighted by Crippen LogP contribution is 2.44. The third-order valence-corrected chi connectivity index (χ3v) is 10.8. The van der Waals surface area contributed by atoms with Crippen LogP contribution < -0.4 is 19.9 Å². The number of ether oxygens (including phenoxy) is 1. The summed E-state index contributed by atoms with van der Waals surface area (Å²) >= 11 is 0. The number of phenols is 1. The molecule has 3 aromatic rings. The third kappa shape index (κ3) is 4.41. The number of anilines is 2. The van der Waals surface area contributed by atoms with Gasteiger partial charge in [-0.25, -0.2) is 0 Å². The maximum Gasteiger partial charge on any atom is 0.139 e. The van der Waals surface area contributed by atoms with E-state index in [0.29, 0.717) is 30.8 Å². The van der Waals surface area contributed by atoms with Gasteiger partial charge in [0.05, 0.1) is 11.2 Å². The second-order valence-corrected chi connectivity index (χ2v) is 13.3. The molecule has 7 nitrogen and oxygen atoms in total. The quantitative estimate of drug-likeness (QED) is 0.420. The topological polar surface area (TPSA) is 75.0 Å². The van der Waals surface area contributed by atoms with Crippen LogP contribution in [0.1, 0.15) is 60.8 Å². The molecule has 4 saturated heterocycles. The molecular weight excluding hydrogens is 534 g/mol. The Morgan fingerprint density at radius 1 is 1.05 bits per heavy atom. The number of rotatable bonds is 5. The average Bonchev–Trinajstić information content (AvgIpc) is 3.71. The van der Waals surface area contributed by atoms with Gasteiger partial charge in [-0.1, -0.05) is 18.1 Å². The van der Waals surface area contributed by atoms with Gasteiger partial charge in [-0.15, -0.1) is 6.42 Å². The Balaban J connectivity index is 1.21. The first kappa shape index (κ1) is 26.7. The van der Waals surface area contributed by atoms with Crippen LogP contribution in [0, 0.1) is 23.7 Å². The second-order valence-electron chi connectivity index (χ2n) is 13.3. The van der Waals surface area contributed by atoms with E-state index < -0.39 is 0 Å². The van der Waals surface area contributed by atoms with Gasteiger partial charge in [0.2, 0.25) is 0 Å². The van der Waals surface area contributed by atoms with E-state index in [1.165, 1.54) is 49.7 Å². The van der Waals surface area contributed by atoms with Crippen molar-refractivity contribution >= 4 is 22.1 Å². The Bertz CT molecular complexity index is 1660. The summed E-state index contributed by atoms with van der Waals surface area (Å²) in [6, 6.07) is 15.3. The van der Waals surface area contributed by atoms with E-state index in [1.54, 1.807) is 6.07 Å². The predicted molar refractivity (Wildman–Crippen MR) is 170 cm³/mol. The van der Waals surface area contributed by atoms with Crippen molar-refractivity contribution in [1.29, 1.82) is 5.26 Å². The van der Waals surface area contributed by atoms with Crippen molar-refractivity contribution in [2.45, 2.75) is 69.1 Å². The van der Waals surface area contributed by atoms with Gasteiger partial charge in [-0.05, 0) is 92.7 Å². The highest BCUT2D eigenvalue weighted by Gasteiger charge is 2.45. The lowest BCUT2D eigenvalue weighted by atomic mass is 9.91. The SMILES string of the molecule is C#Cc1cccc2cc(O)cc(N3CCc4c(cc(OCC56CCCN5CCC6)c(C#N)c4N4CC5CCC(C4)N5)C3)c12. The number of phenolic OH excluding ortho intramolecular Hbond substituents is 1. The van der Waals surface area contributed by atoms with Gasteiger partial charge in [0, 0.05) is 61.0 Å². The van der Waals surface area contributed by atoms with Gasteiger partial charge in [-0.2, -0.15) is 5.26 Å². The van der Waals surface area contributed by atoms with Crippen LogP contribution in [0.15, 0.2) is 36.4 Å². The van der Waals surface area contributed by atoms with Crippen LogP contribution in [0.5, 0.6) is 11.5 Å². The summed E-state index contributed by atoms with van der Waals surface area (Å²) in [6.07, 6.45) is 13.9. The number of nitrogens with one attached hydrogen (secondary N) is 1. The van der Waals surface area contributed by atoms with Crippen molar-refractivity contribution in [2.75, 3.05) is 49.1 Å². The van der Waals surface area contributed by atoms with Crippen molar-refractivity contribution in [3.05, 3.63) is 58.7 Å². The van der Waals surface area contributed by atoms with Gasteiger partial charge < -0.3 is 25.0 Å². The number of hydrogen-bond acceptors (Lipinski definition) is 7. The van der Waals surface area contributed by atoms with E-state index in [4.69, 9.17) is 11.2 Å². The van der Waals surface area contributed by atoms with E-state index in [-0.39, 0.29) is 11.3 Å². The van der Waals surface area contributed by atoms with E-state index in [1.807, 2.05) is 24.3 Å². The highest BCUT2D eigenvalue weighted by molar-refractivity contribution is 6.00. The van der Waals surface area contributed by atoms with Crippen molar-refractivity contribution in [2.24, 2.45) is 0 Å². The fourth-order valence-corrected chi connectivity index (χ4v) is 8.88. The standard InChI is InChI=1S/C36H39N5O2/c1-2-24-6-3-7-25-16-29(42)18-32(34(24)25)39-15-10-30-26(20-39)17-33(43-23-36-11-4-13-41(36)14-5-12-36)31(19-37)35(30)40-21-27-8-9-28(22-40)38-27/h1,3,6-7,16-18,27-28,38,42H,4-5,8-15,20-23H2. The number of nitrogens with zero attached hydrogens (tertiary/aromatic N) is 4. The zero-order chi connectivity index (χ0) is 29.1. The number of nitriles is 1. The molecule has 0 spiro atoms. The molecule has 7 heteroatoms. The molecule has 43 heavy (non-hydrogen) atoms. The number of hydrogen-bond donors (Lipinski definition) is 2. The van der Waals surface area contributed by atoms with Gasteiger partial charge in [0.15, 0.2) is 0 Å². The first-order valence-corrected chi connectivity index (χ1v) is 16.0. The fraction of sp³-hybridized carbons (Fsp3) is 0.472. The molecule has 0 radical (unpaired) electrons. The van der Waals surface area contributed by atoms with Crippen LogP contribution in [-0.2, 0) is 13.0 Å². The van der Waals surface area contributed by atoms with Crippen molar-refractivity contribution in [3.63, 3.8) is 0 Å². The third-order valence-electron chi connectivity index (χ3n) is 10.8. The van der Waals surface area contributed by atoms with Crippen LogP contribution in [0.25, 0.3) is 10.8 Å². The molecule has 0 amide bonds. The first-order valence-electron chi connectivity index (χ1n) is 16.0. The number of terminal acetylenes is 1. The Morgan fingerprint density at radius 3 is 2.58 bits per heavy atom. The summed E-state index contributed by atoms with van der Waals surface area (Å²) in [6.45, 7) is 6.23. The van der Waals surface area contributed by atoms with Crippen LogP contribution in [0.4, 0.5) is 11.4 Å². The van der Waals surface area contributed by atoms with Crippen molar-refractivity contribution in [3.8, 4) is 29.9 Å². The first-order chi connectivity index (χ1) is 21.0. The summed E-state index contributed by atoms with van der Waals surface area (Å²) in [5, 5.41) is 27.0. The molecule has 2 unspecified atom stereocenters. The molecule has 5 aliphatic heterocycles. The molecule has 4 fully saturated rings. The smallest absolute Gasteiger partial charge is 0.139 e. The molecule has 0 saturated carbocycles. The summed E-state index contributed by atoms with van der Waals surface area (Å²) in [7, 11) is 0. The Hall–Kier alpha value is -3.91. The Kier molecular flexibility index (Phi) is 6.44. The van der Waals surface area contributed by atoms with E-state index in [2.05, 4.69) is 38.1 Å². The monoisotopic (exact) mass is 573 g/mol. The lowest BCUT2D eigenvalue weighted by Gasteiger charge is -2.40. The second kappa shape index (κ2) is 10.4. The van der Waals surface area contributed by atoms with Crippen molar-refractivity contribution in [1.82, 2.24) is 10.2 Å². The zero-order valence-electron chi connectivity index (χ0n) is 24.7. The Labute approximate surface area is 254 Å². The van der Waals surface area contributed by atoms with Gasteiger partial charge in [-0.3, -0.25) is 4.90 Å². The molecule has 0 aliphatic carbocycles. The molecule has 2 atom stereocenters. The minimum absolute atomic E-state index is 0.106. The van der Waals surface area contributed by atoms with Crippen LogP contribution >= 0.6 is 0 Å². The largest absolute Gasteiger partial charge is 0.508 e. The predicted octanol–water partition coefficient (Wildman–Crippen LogP) is 4.91. The van der Waals surface area contributed by atoms with Crippen molar-refractivity contribution < 1.29 is 9.84 Å². The molecular formula is C36H39N5O2. The molecule has 2 bridgehead atoms. The molecule has 220 valence electrons. The molecule has 3 aromatic carbocycles. The van der Waals surface area contributed by atoms with Gasteiger partial charge in [0.1, 0.15) is 29.7 Å². The molecule has 2 N–H and O–H groups in total. The van der Waals surface area contributed by atoms with Crippen LogP contribution in [-0.4, -0.2) is 67.0 Å². The average molecular weight is 574 g/mol. The van der Waals surface area contributed by atoms with Crippen LogP contribution in [0.3, 0.4) is 0 Å². The molecule has 5 aliphatic rings. The molecule has 0 aromatic heterocycles. The summed E-state index contributed by atoms with van der Waals surface area (Å²) in [5.74, 6) is 3.82. The number of fused-ring (bicyclic) bond motifs is 5. The minimum Gasteiger partial charge on any atom is -0.508 e. The number of piperazine rings is 1. The highest BCUT2D eigenvalue weighted by atomic mass is 16.5. The fourth-order valence-electron chi connectivity index (χ4n) is 8.88. The van der Waals surface area contributed by atoms with E-state index >= 15 is 0 Å². The van der Waals surface area contributed by atoms with Crippen LogP contribution in [0.2, 0.25) is 0 Å². The van der Waals surface area contributed by atoms with E-state index in [0.717, 1.165) is 72.6 Å². The summed E-state index contributed by atoms with van der Waals surface area (Å²) in [4.78, 5) is 7.43.